The topological polar surface area (TPSA) is 97.5 Å². The van der Waals surface area contributed by atoms with Crippen LogP contribution in [0.4, 0.5) is 0 Å². The van der Waals surface area contributed by atoms with Gasteiger partial charge in [-0.25, -0.2) is 13.2 Å². The van der Waals surface area contributed by atoms with Crippen molar-refractivity contribution in [3.8, 4) is 0 Å². The first kappa shape index (κ1) is 11.1. The average molecular weight is 245 g/mol. The number of nitrogens with zero attached hydrogens (tertiary/aromatic N) is 1. The van der Waals surface area contributed by atoms with Crippen LogP contribution in [-0.4, -0.2) is 36.2 Å². The van der Waals surface area contributed by atoms with Gasteiger partial charge in [0.2, 0.25) is 0 Å². The Morgan fingerprint density at radius 1 is 1.44 bits per heavy atom. The molecule has 2 rings (SSSR count). The maximum atomic E-state index is 11.2. The van der Waals surface area contributed by atoms with Crippen molar-refractivity contribution >= 4 is 15.8 Å². The quantitative estimate of drug-likeness (QED) is 0.822. The second-order valence-corrected chi connectivity index (χ2v) is 6.14. The Kier molecular flexibility index (Phi) is 2.71. The summed E-state index contributed by atoms with van der Waals surface area (Å²) in [5.41, 5.74) is 0.0318. The minimum atomic E-state index is -2.95. The monoisotopic (exact) mass is 245 g/mol. The van der Waals surface area contributed by atoms with E-state index in [1.54, 1.807) is 0 Å². The number of aromatic nitrogens is 1. The maximum absolute atomic E-state index is 11.2. The molecule has 0 bridgehead atoms. The molecule has 0 radical (unpaired) electrons. The van der Waals surface area contributed by atoms with Crippen LogP contribution in [0.15, 0.2) is 10.7 Å². The lowest BCUT2D eigenvalue weighted by Gasteiger charge is -2.19. The summed E-state index contributed by atoms with van der Waals surface area (Å²) in [7, 11) is -2.95. The molecule has 1 aliphatic rings. The third kappa shape index (κ3) is 2.08. The summed E-state index contributed by atoms with van der Waals surface area (Å²) in [6, 6.07) is 0. The second-order valence-electron chi connectivity index (χ2n) is 3.83. The van der Waals surface area contributed by atoms with E-state index in [4.69, 9.17) is 9.63 Å². The summed E-state index contributed by atoms with van der Waals surface area (Å²) in [5.74, 6) is -0.793. The standard InChI is InChI=1S/C9H11NO5S/c11-9(12)7-5-10-15-8(7)6-1-3-16(13,14)4-2-6/h5-6H,1-4H2,(H,11,12). The van der Waals surface area contributed by atoms with Gasteiger partial charge in [0.15, 0.2) is 5.76 Å². The van der Waals surface area contributed by atoms with Gasteiger partial charge in [-0.3, -0.25) is 0 Å². The van der Waals surface area contributed by atoms with Crippen molar-refractivity contribution in [1.29, 1.82) is 0 Å². The van der Waals surface area contributed by atoms with E-state index in [0.717, 1.165) is 6.20 Å². The second kappa shape index (κ2) is 3.89. The highest BCUT2D eigenvalue weighted by molar-refractivity contribution is 7.91. The van der Waals surface area contributed by atoms with Crippen LogP contribution in [0.3, 0.4) is 0 Å². The van der Waals surface area contributed by atoms with Crippen molar-refractivity contribution in [1.82, 2.24) is 5.16 Å². The highest BCUT2D eigenvalue weighted by Gasteiger charge is 2.30. The Labute approximate surface area is 92.2 Å². The van der Waals surface area contributed by atoms with Gasteiger partial charge < -0.3 is 9.63 Å². The van der Waals surface area contributed by atoms with Crippen molar-refractivity contribution < 1.29 is 22.8 Å². The fourth-order valence-electron chi connectivity index (χ4n) is 1.86. The van der Waals surface area contributed by atoms with Crippen LogP contribution < -0.4 is 0 Å². The summed E-state index contributed by atoms with van der Waals surface area (Å²) < 4.78 is 27.4. The molecule has 0 spiro atoms. The fraction of sp³-hybridized carbons (Fsp3) is 0.556. The van der Waals surface area contributed by atoms with Crippen molar-refractivity contribution in [3.63, 3.8) is 0 Å². The van der Waals surface area contributed by atoms with E-state index < -0.39 is 15.8 Å². The molecule has 6 nitrogen and oxygen atoms in total. The maximum Gasteiger partial charge on any atom is 0.340 e. The number of carboxylic acids is 1. The predicted molar refractivity (Wildman–Crippen MR) is 54.1 cm³/mol. The average Bonchev–Trinajstić information content (AvgIpc) is 2.66. The molecule has 1 aliphatic heterocycles. The zero-order valence-corrected chi connectivity index (χ0v) is 9.24. The Bertz CT molecular complexity index is 490. The van der Waals surface area contributed by atoms with Gasteiger partial charge in [-0.05, 0) is 12.8 Å². The fourth-order valence-corrected chi connectivity index (χ4v) is 3.35. The zero-order chi connectivity index (χ0) is 11.8. The van der Waals surface area contributed by atoms with Gasteiger partial charge in [-0.1, -0.05) is 5.16 Å². The van der Waals surface area contributed by atoms with Crippen molar-refractivity contribution in [2.75, 3.05) is 11.5 Å². The van der Waals surface area contributed by atoms with Gasteiger partial charge in [-0.2, -0.15) is 0 Å². The number of hydrogen-bond donors (Lipinski definition) is 1. The first-order valence-electron chi connectivity index (χ1n) is 4.88. The van der Waals surface area contributed by atoms with Crippen LogP contribution in [0.25, 0.3) is 0 Å². The SMILES string of the molecule is O=C(O)c1cnoc1C1CCS(=O)(=O)CC1. The smallest absolute Gasteiger partial charge is 0.340 e. The predicted octanol–water partition coefficient (Wildman–Crippen LogP) is 0.665. The van der Waals surface area contributed by atoms with Crippen LogP contribution in [0.2, 0.25) is 0 Å². The molecular formula is C9H11NO5S. The van der Waals surface area contributed by atoms with Crippen LogP contribution in [0.5, 0.6) is 0 Å². The Balaban J connectivity index is 2.20. The molecule has 16 heavy (non-hydrogen) atoms. The Morgan fingerprint density at radius 2 is 2.06 bits per heavy atom. The third-order valence-electron chi connectivity index (χ3n) is 2.75. The molecule has 1 fully saturated rings. The third-order valence-corrected chi connectivity index (χ3v) is 4.47. The Hall–Kier alpha value is -1.37. The highest BCUT2D eigenvalue weighted by atomic mass is 32.2. The lowest BCUT2D eigenvalue weighted by atomic mass is 9.97. The van der Waals surface area contributed by atoms with E-state index >= 15 is 0 Å². The summed E-state index contributed by atoms with van der Waals surface area (Å²) in [4.78, 5) is 10.8. The molecule has 0 saturated carbocycles. The molecular weight excluding hydrogens is 234 g/mol. The van der Waals surface area contributed by atoms with E-state index in [2.05, 4.69) is 5.16 Å². The van der Waals surface area contributed by atoms with Crippen molar-refractivity contribution in [2.45, 2.75) is 18.8 Å². The van der Waals surface area contributed by atoms with Gasteiger partial charge in [-0.15, -0.1) is 0 Å². The zero-order valence-electron chi connectivity index (χ0n) is 8.42. The first-order valence-corrected chi connectivity index (χ1v) is 6.70. The summed E-state index contributed by atoms with van der Waals surface area (Å²) in [6.07, 6.45) is 1.95. The molecule has 1 saturated heterocycles. The van der Waals surface area contributed by atoms with Crippen LogP contribution in [-0.2, 0) is 9.84 Å². The minimum absolute atomic E-state index is 0.0318. The van der Waals surface area contributed by atoms with E-state index in [-0.39, 0.29) is 23.0 Å². The van der Waals surface area contributed by atoms with Gasteiger partial charge in [0, 0.05) is 5.92 Å². The molecule has 7 heteroatoms. The molecule has 0 aromatic carbocycles. The lowest BCUT2D eigenvalue weighted by Crippen LogP contribution is -2.22. The van der Waals surface area contributed by atoms with Crippen LogP contribution in [0.1, 0.15) is 34.9 Å². The van der Waals surface area contributed by atoms with E-state index in [0.29, 0.717) is 18.6 Å². The summed E-state index contributed by atoms with van der Waals surface area (Å²) in [6.45, 7) is 0. The molecule has 1 aromatic rings. The molecule has 0 atom stereocenters. The van der Waals surface area contributed by atoms with E-state index in [9.17, 15) is 13.2 Å². The molecule has 1 aromatic heterocycles. The molecule has 88 valence electrons. The highest BCUT2D eigenvalue weighted by Crippen LogP contribution is 2.31. The number of sulfone groups is 1. The van der Waals surface area contributed by atoms with Crippen LogP contribution >= 0.6 is 0 Å². The number of rotatable bonds is 2. The largest absolute Gasteiger partial charge is 0.478 e. The number of hydrogen-bond acceptors (Lipinski definition) is 5. The van der Waals surface area contributed by atoms with Crippen LogP contribution in [0, 0.1) is 0 Å². The molecule has 0 aliphatic carbocycles. The molecule has 0 unspecified atom stereocenters. The van der Waals surface area contributed by atoms with Crippen molar-refractivity contribution in [3.05, 3.63) is 17.5 Å². The number of aromatic carboxylic acids is 1. The first-order chi connectivity index (χ1) is 7.49. The van der Waals surface area contributed by atoms with Gasteiger partial charge >= 0.3 is 5.97 Å². The molecule has 1 N–H and O–H groups in total. The summed E-state index contributed by atoms with van der Waals surface area (Å²) in [5, 5.41) is 12.3. The lowest BCUT2D eigenvalue weighted by molar-refractivity contribution is 0.0693. The number of carboxylic acid groups (broad SMARTS) is 1. The Morgan fingerprint density at radius 3 is 2.62 bits per heavy atom. The normalized spacial score (nSPS) is 20.8. The minimum Gasteiger partial charge on any atom is -0.478 e. The molecule has 0 amide bonds. The van der Waals surface area contributed by atoms with Gasteiger partial charge in [0.1, 0.15) is 15.4 Å². The van der Waals surface area contributed by atoms with Gasteiger partial charge in [0.25, 0.3) is 0 Å². The van der Waals surface area contributed by atoms with E-state index in [1.165, 1.54) is 0 Å². The molecule has 2 heterocycles. The van der Waals surface area contributed by atoms with Crippen molar-refractivity contribution in [2.24, 2.45) is 0 Å². The van der Waals surface area contributed by atoms with E-state index in [1.807, 2.05) is 0 Å². The van der Waals surface area contributed by atoms with Gasteiger partial charge in [0.05, 0.1) is 17.7 Å². The number of carbonyl (C=O) groups is 1. The summed E-state index contributed by atoms with van der Waals surface area (Å²) >= 11 is 0.